The molecule has 1 aromatic carbocycles. The van der Waals surface area contributed by atoms with Crippen LogP contribution in [-0.4, -0.2) is 58.2 Å². The van der Waals surface area contributed by atoms with Crippen LogP contribution in [0.4, 0.5) is 8.78 Å². The van der Waals surface area contributed by atoms with Crippen molar-refractivity contribution in [2.75, 3.05) is 27.8 Å². The van der Waals surface area contributed by atoms with E-state index in [0.717, 1.165) is 13.2 Å². The summed E-state index contributed by atoms with van der Waals surface area (Å²) in [5.41, 5.74) is 1.56. The Balaban J connectivity index is 2.46. The lowest BCUT2D eigenvalue weighted by molar-refractivity contribution is -0.146. The minimum absolute atomic E-state index is 0.0545. The van der Waals surface area contributed by atoms with Crippen LogP contribution < -0.4 is 10.1 Å². The van der Waals surface area contributed by atoms with E-state index in [1.807, 2.05) is 19.6 Å². The number of ether oxygens (including phenoxy) is 2. The molecule has 1 aliphatic heterocycles. The van der Waals surface area contributed by atoms with Crippen LogP contribution in [-0.2, 0) is 16.1 Å². The SMILES string of the molecule is CNC(C#C[Si](C)(C)C)(CN1Cc2cc(F)c(OC)c(F)c2C1=O)C(=O)OC. The van der Waals surface area contributed by atoms with Crippen LogP contribution in [0.25, 0.3) is 0 Å². The van der Waals surface area contributed by atoms with E-state index in [1.54, 1.807) is 0 Å². The average Bonchev–Trinajstić information content (AvgIpc) is 2.92. The highest BCUT2D eigenvalue weighted by Crippen LogP contribution is 2.33. The minimum atomic E-state index is -1.85. The Morgan fingerprint density at radius 2 is 2.00 bits per heavy atom. The highest BCUT2D eigenvalue weighted by Gasteiger charge is 2.43. The number of esters is 1. The third-order valence-electron chi connectivity index (χ3n) is 4.36. The number of hydrogen-bond acceptors (Lipinski definition) is 5. The topological polar surface area (TPSA) is 67.9 Å². The number of fused-ring (bicyclic) bond motifs is 1. The Hall–Kier alpha value is -2.44. The van der Waals surface area contributed by atoms with Crippen LogP contribution in [0.2, 0.25) is 19.6 Å². The van der Waals surface area contributed by atoms with Gasteiger partial charge < -0.3 is 14.4 Å². The van der Waals surface area contributed by atoms with Crippen molar-refractivity contribution in [2.24, 2.45) is 0 Å². The molecule has 0 saturated carbocycles. The van der Waals surface area contributed by atoms with Crippen molar-refractivity contribution in [3.8, 4) is 17.2 Å². The first-order valence-electron chi connectivity index (χ1n) is 8.65. The van der Waals surface area contributed by atoms with Gasteiger partial charge in [0, 0.05) is 6.54 Å². The smallest absolute Gasteiger partial charge is 0.340 e. The number of rotatable bonds is 5. The van der Waals surface area contributed by atoms with Gasteiger partial charge in [-0.2, -0.15) is 0 Å². The quantitative estimate of drug-likeness (QED) is 0.457. The van der Waals surface area contributed by atoms with Crippen LogP contribution in [0.1, 0.15) is 15.9 Å². The molecule has 0 bridgehead atoms. The number of methoxy groups -OCH3 is 2. The van der Waals surface area contributed by atoms with Crippen LogP contribution >= 0.6 is 0 Å². The molecule has 1 unspecified atom stereocenters. The fourth-order valence-electron chi connectivity index (χ4n) is 2.91. The Bertz CT molecular complexity index is 873. The van der Waals surface area contributed by atoms with E-state index in [2.05, 4.69) is 16.8 Å². The van der Waals surface area contributed by atoms with Gasteiger partial charge in [-0.05, 0) is 18.7 Å². The van der Waals surface area contributed by atoms with Crippen molar-refractivity contribution in [1.82, 2.24) is 10.2 Å². The zero-order chi connectivity index (χ0) is 21.3. The lowest BCUT2D eigenvalue weighted by Crippen LogP contribution is -2.57. The Morgan fingerprint density at radius 1 is 1.36 bits per heavy atom. The van der Waals surface area contributed by atoms with Crippen LogP contribution in [0.5, 0.6) is 5.75 Å². The summed E-state index contributed by atoms with van der Waals surface area (Å²) in [5, 5.41) is 2.85. The molecular formula is C19H24F2N2O4Si. The minimum Gasteiger partial charge on any atom is -0.491 e. The number of nitrogens with one attached hydrogen (secondary N) is 1. The second kappa shape index (κ2) is 7.89. The molecule has 1 N–H and O–H groups in total. The van der Waals surface area contributed by atoms with E-state index in [4.69, 9.17) is 9.47 Å². The summed E-state index contributed by atoms with van der Waals surface area (Å²) >= 11 is 0. The van der Waals surface area contributed by atoms with Crippen LogP contribution in [0, 0.1) is 23.1 Å². The molecular weight excluding hydrogens is 386 g/mol. The molecule has 1 heterocycles. The third kappa shape index (κ3) is 4.03. The van der Waals surface area contributed by atoms with E-state index in [1.165, 1.54) is 19.1 Å². The maximum atomic E-state index is 14.6. The molecule has 0 fully saturated rings. The largest absolute Gasteiger partial charge is 0.491 e. The van der Waals surface area contributed by atoms with Crippen molar-refractivity contribution in [2.45, 2.75) is 31.7 Å². The summed E-state index contributed by atoms with van der Waals surface area (Å²) in [6, 6.07) is 1.07. The molecule has 152 valence electrons. The summed E-state index contributed by atoms with van der Waals surface area (Å²) in [6.45, 7) is 5.81. The predicted octanol–water partition coefficient (Wildman–Crippen LogP) is 1.94. The number of likely N-dealkylation sites (N-methyl/N-ethyl adjacent to an activating group) is 1. The lowest BCUT2D eigenvalue weighted by atomic mass is 10.0. The standard InChI is InChI=1S/C19H24F2N2O4Si/c1-22-19(18(25)27-3,7-8-28(4,5)6)11-23-10-12-9-13(20)16(26-2)15(21)14(12)17(23)24/h9,22H,10-11H2,1-6H3. The molecule has 0 aromatic heterocycles. The molecule has 0 spiro atoms. The molecule has 0 radical (unpaired) electrons. The van der Waals surface area contributed by atoms with Crippen molar-refractivity contribution in [3.63, 3.8) is 0 Å². The lowest BCUT2D eigenvalue weighted by Gasteiger charge is -2.30. The van der Waals surface area contributed by atoms with Crippen molar-refractivity contribution in [1.29, 1.82) is 0 Å². The molecule has 1 amide bonds. The summed E-state index contributed by atoms with van der Waals surface area (Å²) in [5.74, 6) is -0.935. The van der Waals surface area contributed by atoms with Crippen molar-refractivity contribution >= 4 is 20.0 Å². The predicted molar refractivity (Wildman–Crippen MR) is 103 cm³/mol. The number of carbonyl (C=O) groups excluding carboxylic acids is 2. The van der Waals surface area contributed by atoms with Crippen LogP contribution in [0.3, 0.4) is 0 Å². The Kier molecular flexibility index (Phi) is 6.16. The molecule has 0 aliphatic carbocycles. The van der Waals surface area contributed by atoms with Crippen molar-refractivity contribution < 1.29 is 27.8 Å². The van der Waals surface area contributed by atoms with Gasteiger partial charge in [-0.15, -0.1) is 5.54 Å². The molecule has 28 heavy (non-hydrogen) atoms. The van der Waals surface area contributed by atoms with Gasteiger partial charge in [0.15, 0.2) is 22.9 Å². The highest BCUT2D eigenvalue weighted by molar-refractivity contribution is 6.83. The first-order chi connectivity index (χ1) is 13.0. The Labute approximate surface area is 164 Å². The number of carbonyl (C=O) groups is 2. The molecule has 6 nitrogen and oxygen atoms in total. The van der Waals surface area contributed by atoms with Gasteiger partial charge in [-0.25, -0.2) is 13.6 Å². The summed E-state index contributed by atoms with van der Waals surface area (Å²) in [6.07, 6.45) is 0. The number of hydrogen-bond donors (Lipinski definition) is 1. The van der Waals surface area contributed by atoms with Gasteiger partial charge in [0.2, 0.25) is 0 Å². The van der Waals surface area contributed by atoms with E-state index in [-0.39, 0.29) is 24.2 Å². The van der Waals surface area contributed by atoms with Crippen molar-refractivity contribution in [3.05, 3.63) is 28.8 Å². The first-order valence-corrected chi connectivity index (χ1v) is 12.2. The number of halogens is 2. The molecule has 1 atom stereocenters. The molecule has 1 aromatic rings. The van der Waals surface area contributed by atoms with Gasteiger partial charge in [0.05, 0.1) is 26.3 Å². The zero-order valence-corrected chi connectivity index (χ0v) is 17.8. The molecule has 2 rings (SSSR count). The highest BCUT2D eigenvalue weighted by atomic mass is 28.3. The summed E-state index contributed by atoms with van der Waals surface area (Å²) in [4.78, 5) is 26.5. The normalized spacial score (nSPS) is 15.4. The zero-order valence-electron chi connectivity index (χ0n) is 16.8. The number of benzene rings is 1. The van der Waals surface area contributed by atoms with E-state index in [9.17, 15) is 18.4 Å². The van der Waals surface area contributed by atoms with Gasteiger partial charge in [-0.1, -0.05) is 25.6 Å². The molecule has 9 heteroatoms. The summed E-state index contributed by atoms with van der Waals surface area (Å²) in [7, 11) is 2.04. The second-order valence-corrected chi connectivity index (χ2v) is 12.3. The van der Waals surface area contributed by atoms with Gasteiger partial charge >= 0.3 is 5.97 Å². The summed E-state index contributed by atoms with van der Waals surface area (Å²) < 4.78 is 38.2. The monoisotopic (exact) mass is 410 g/mol. The molecule has 1 aliphatic rings. The Morgan fingerprint density at radius 3 is 2.50 bits per heavy atom. The third-order valence-corrected chi connectivity index (χ3v) is 5.24. The van der Waals surface area contributed by atoms with E-state index in [0.29, 0.717) is 0 Å². The first kappa shape index (κ1) is 21.9. The maximum absolute atomic E-state index is 14.6. The van der Waals surface area contributed by atoms with Gasteiger partial charge in [-0.3, -0.25) is 10.1 Å². The maximum Gasteiger partial charge on any atom is 0.340 e. The van der Waals surface area contributed by atoms with E-state index >= 15 is 0 Å². The number of amides is 1. The van der Waals surface area contributed by atoms with Crippen LogP contribution in [0.15, 0.2) is 6.07 Å². The average molecular weight is 410 g/mol. The molecule has 0 saturated heterocycles. The fourth-order valence-corrected chi connectivity index (χ4v) is 3.50. The second-order valence-electron chi connectivity index (χ2n) is 7.55. The van der Waals surface area contributed by atoms with E-state index < -0.39 is 42.9 Å². The fraction of sp³-hybridized carbons (Fsp3) is 0.474. The van der Waals surface area contributed by atoms with Gasteiger partial charge in [0.25, 0.3) is 5.91 Å². The van der Waals surface area contributed by atoms with Gasteiger partial charge in [0.1, 0.15) is 8.07 Å². The number of nitrogens with zero attached hydrogens (tertiary/aromatic N) is 1.